The fourth-order valence-corrected chi connectivity index (χ4v) is 10.7. The molecule has 1 saturated carbocycles. The van der Waals surface area contributed by atoms with E-state index in [-0.39, 0.29) is 63.8 Å². The lowest BCUT2D eigenvalue weighted by molar-refractivity contribution is -0.256. The topological polar surface area (TPSA) is 129 Å². The molecular formula is C58H68N2O9. The molecule has 69 heavy (non-hydrogen) atoms. The number of benzene rings is 5. The van der Waals surface area contributed by atoms with Crippen molar-refractivity contribution < 1.29 is 43.5 Å². The second kappa shape index (κ2) is 23.6. The Kier molecular flexibility index (Phi) is 16.9. The zero-order valence-corrected chi connectivity index (χ0v) is 40.4. The summed E-state index contributed by atoms with van der Waals surface area (Å²) in [7, 11) is 0. The highest BCUT2D eigenvalue weighted by atomic mass is 16.7. The summed E-state index contributed by atoms with van der Waals surface area (Å²) >= 11 is 0. The third-order valence-electron chi connectivity index (χ3n) is 14.1. The van der Waals surface area contributed by atoms with Gasteiger partial charge in [0.25, 0.3) is 0 Å². The van der Waals surface area contributed by atoms with Gasteiger partial charge in [0.05, 0.1) is 38.0 Å². The number of hydrogen-bond acceptors (Lipinski definition) is 10. The number of allylic oxidation sites excluding steroid dienone is 1. The Morgan fingerprint density at radius 2 is 1.62 bits per heavy atom. The molecule has 2 aliphatic carbocycles. The van der Waals surface area contributed by atoms with Crippen LogP contribution in [0.15, 0.2) is 139 Å². The summed E-state index contributed by atoms with van der Waals surface area (Å²) in [6.07, 6.45) is 8.39. The van der Waals surface area contributed by atoms with Gasteiger partial charge in [-0.25, -0.2) is 4.79 Å². The maximum Gasteiger partial charge on any atom is 0.410 e. The van der Waals surface area contributed by atoms with Gasteiger partial charge in [0.15, 0.2) is 0 Å². The molecule has 0 spiro atoms. The van der Waals surface area contributed by atoms with Crippen molar-refractivity contribution in [3.8, 4) is 17.2 Å². The fourth-order valence-electron chi connectivity index (χ4n) is 10.7. The Morgan fingerprint density at radius 3 is 2.41 bits per heavy atom. The van der Waals surface area contributed by atoms with Crippen molar-refractivity contribution in [3.05, 3.63) is 161 Å². The van der Waals surface area contributed by atoms with Crippen molar-refractivity contribution in [2.45, 2.75) is 96.6 Å². The van der Waals surface area contributed by atoms with Gasteiger partial charge >= 0.3 is 6.09 Å². The maximum atomic E-state index is 15.2. The van der Waals surface area contributed by atoms with E-state index in [4.69, 9.17) is 33.7 Å². The molecule has 5 aromatic rings. The zero-order valence-electron chi connectivity index (χ0n) is 40.4. The molecule has 1 heterocycles. The summed E-state index contributed by atoms with van der Waals surface area (Å²) in [5.41, 5.74) is 6.93. The number of carbonyl (C=O) groups excluding carboxylic acids is 1. The predicted octanol–water partition coefficient (Wildman–Crippen LogP) is 11.8. The highest BCUT2D eigenvalue weighted by molar-refractivity contribution is 6.03. The Balaban J connectivity index is 1.29. The van der Waals surface area contributed by atoms with Crippen molar-refractivity contribution in [2.24, 2.45) is 22.9 Å². The number of nitrogens with zero attached hydrogens (tertiary/aromatic N) is 2. The van der Waals surface area contributed by atoms with Crippen LogP contribution >= 0.6 is 0 Å². The van der Waals surface area contributed by atoms with E-state index in [1.807, 2.05) is 73.7 Å². The lowest BCUT2D eigenvalue weighted by atomic mass is 9.55. The SMILES string of the molecule is C=CCO[C@@]12Oc3ccc(Oc4ccc(C)c(C)c4)cc3[C@H]3[C@H](CCCCO)[C@@H](CCCCO)C=C(C(=NOCC)C[C@@H]1N(Cc1cccc4ccccc14)C(=O)OCCOCc1ccccc1)[C@H]32. The predicted molar refractivity (Wildman–Crippen MR) is 270 cm³/mol. The summed E-state index contributed by atoms with van der Waals surface area (Å²) in [6, 6.07) is 35.6. The number of aliphatic hydroxyl groups is 2. The van der Waals surface area contributed by atoms with Crippen LogP contribution in [0.3, 0.4) is 0 Å². The van der Waals surface area contributed by atoms with Gasteiger partial charge in [-0.15, -0.1) is 6.58 Å². The summed E-state index contributed by atoms with van der Waals surface area (Å²) < 4.78 is 33.6. The lowest BCUT2D eigenvalue weighted by Gasteiger charge is -2.59. The average Bonchev–Trinajstić information content (AvgIpc) is 3.37. The molecule has 0 radical (unpaired) electrons. The molecule has 0 bridgehead atoms. The number of fused-ring (bicyclic) bond motifs is 3. The van der Waals surface area contributed by atoms with Crippen molar-refractivity contribution >= 4 is 22.6 Å². The van der Waals surface area contributed by atoms with Crippen LogP contribution < -0.4 is 9.47 Å². The van der Waals surface area contributed by atoms with Gasteiger partial charge in [0.1, 0.15) is 36.5 Å². The second-order valence-electron chi connectivity index (χ2n) is 18.5. The van der Waals surface area contributed by atoms with E-state index in [0.717, 1.165) is 70.0 Å². The van der Waals surface area contributed by atoms with Gasteiger partial charge < -0.3 is 38.7 Å². The Labute approximate surface area is 407 Å². The van der Waals surface area contributed by atoms with Crippen molar-refractivity contribution in [1.82, 2.24) is 4.90 Å². The summed E-state index contributed by atoms with van der Waals surface area (Å²) in [6.45, 7) is 11.6. The molecule has 0 unspecified atom stereocenters. The molecule has 364 valence electrons. The number of ether oxygens (including phenoxy) is 5. The van der Waals surface area contributed by atoms with Crippen molar-refractivity contribution in [2.75, 3.05) is 39.6 Å². The van der Waals surface area contributed by atoms with Gasteiger partial charge in [-0.1, -0.05) is 109 Å². The molecule has 1 aliphatic heterocycles. The summed E-state index contributed by atoms with van der Waals surface area (Å²) in [5, 5.41) is 27.0. The standard InChI is InChI=1S/C58H68N2O9/c1-5-31-66-58-54(60(38-45-22-16-21-43-19-10-11-23-48(43)45)57(63)65-33-32-64-39-42-17-8-7-9-18-42)37-52(59-67-6-2)50-35-44(20-12-14-29-61)49(24-13-15-30-62)55(56(50)58)51-36-47(27-28-53(51)69-58)68-46-26-25-40(3)41(4)34-46/h5,7-11,16-19,21-23,25-28,34-36,44,49,54-56,61-62H,1,6,12-15,20,24,29-33,37-39H2,2-4H3/t44-,49+,54-,55+,56+,58+/m0/s1. The minimum Gasteiger partial charge on any atom is -0.459 e. The Hall–Kier alpha value is -5.98. The van der Waals surface area contributed by atoms with Crippen LogP contribution in [0.5, 0.6) is 17.2 Å². The number of rotatable bonds is 23. The van der Waals surface area contributed by atoms with Crippen LogP contribution in [0.1, 0.15) is 85.6 Å². The monoisotopic (exact) mass is 936 g/mol. The van der Waals surface area contributed by atoms with E-state index in [0.29, 0.717) is 43.3 Å². The van der Waals surface area contributed by atoms with Crippen LogP contribution in [-0.2, 0) is 32.2 Å². The molecular weight excluding hydrogens is 869 g/mol. The first-order chi connectivity index (χ1) is 33.8. The second-order valence-corrected chi connectivity index (χ2v) is 18.5. The van der Waals surface area contributed by atoms with Crippen LogP contribution in [0.4, 0.5) is 4.79 Å². The number of unbranched alkanes of at least 4 members (excludes halogenated alkanes) is 2. The number of hydrogen-bond donors (Lipinski definition) is 2. The first-order valence-corrected chi connectivity index (χ1v) is 24.8. The average molecular weight is 937 g/mol. The van der Waals surface area contributed by atoms with E-state index < -0.39 is 23.8 Å². The highest BCUT2D eigenvalue weighted by Crippen LogP contribution is 2.62. The molecule has 1 amide bonds. The molecule has 2 N–H and O–H groups in total. The van der Waals surface area contributed by atoms with Crippen LogP contribution in [0, 0.1) is 31.6 Å². The van der Waals surface area contributed by atoms with Crippen LogP contribution in [0.25, 0.3) is 10.8 Å². The third-order valence-corrected chi connectivity index (χ3v) is 14.1. The molecule has 3 aliphatic rings. The number of carbonyl (C=O) groups is 1. The van der Waals surface area contributed by atoms with E-state index in [2.05, 4.69) is 69.0 Å². The quantitative estimate of drug-likeness (QED) is 0.0374. The normalized spacial score (nSPS) is 22.0. The summed E-state index contributed by atoms with van der Waals surface area (Å²) in [4.78, 5) is 22.9. The minimum absolute atomic E-state index is 0.0253. The molecule has 8 rings (SSSR count). The lowest BCUT2D eigenvalue weighted by Crippen LogP contribution is -2.70. The fraction of sp³-hybridized carbons (Fsp3) is 0.414. The van der Waals surface area contributed by atoms with Crippen molar-refractivity contribution in [1.29, 1.82) is 0 Å². The molecule has 6 atom stereocenters. The number of oxime groups is 1. The van der Waals surface area contributed by atoms with Crippen LogP contribution in [0.2, 0.25) is 0 Å². The molecule has 11 heteroatoms. The first-order valence-electron chi connectivity index (χ1n) is 24.8. The Bertz CT molecular complexity index is 2570. The van der Waals surface area contributed by atoms with E-state index >= 15 is 4.79 Å². The van der Waals surface area contributed by atoms with E-state index in [1.54, 1.807) is 11.0 Å². The summed E-state index contributed by atoms with van der Waals surface area (Å²) in [5.74, 6) is -0.0240. The largest absolute Gasteiger partial charge is 0.459 e. The number of aliphatic hydroxyl groups excluding tert-OH is 2. The minimum atomic E-state index is -1.47. The number of amides is 1. The third kappa shape index (κ3) is 11.2. The molecule has 1 fully saturated rings. The van der Waals surface area contributed by atoms with E-state index in [1.165, 1.54) is 5.56 Å². The number of aryl methyl sites for hydroxylation is 2. The molecule has 0 aromatic heterocycles. The van der Waals surface area contributed by atoms with Gasteiger partial charge in [-0.05, 0) is 127 Å². The maximum absolute atomic E-state index is 15.2. The van der Waals surface area contributed by atoms with E-state index in [9.17, 15) is 10.2 Å². The molecule has 5 aromatic carbocycles. The first kappa shape index (κ1) is 49.4. The Morgan fingerprint density at radius 1 is 0.870 bits per heavy atom. The highest BCUT2D eigenvalue weighted by Gasteiger charge is 2.65. The van der Waals surface area contributed by atoms with Crippen molar-refractivity contribution in [3.63, 3.8) is 0 Å². The smallest absolute Gasteiger partial charge is 0.410 e. The zero-order chi connectivity index (χ0) is 48.2. The van der Waals surface area contributed by atoms with Gasteiger partial charge in [0, 0.05) is 31.1 Å². The molecule has 0 saturated heterocycles. The van der Waals surface area contributed by atoms with Crippen LogP contribution in [-0.4, -0.2) is 78.4 Å². The van der Waals surface area contributed by atoms with Gasteiger partial charge in [-0.3, -0.25) is 4.90 Å². The van der Waals surface area contributed by atoms with Gasteiger partial charge in [-0.2, -0.15) is 0 Å². The molecule has 11 nitrogen and oxygen atoms in total. The van der Waals surface area contributed by atoms with Gasteiger partial charge in [0.2, 0.25) is 5.79 Å².